The van der Waals surface area contributed by atoms with Gasteiger partial charge in [-0.15, -0.1) is 5.10 Å². The van der Waals surface area contributed by atoms with E-state index < -0.39 is 21.8 Å². The maximum Gasteiger partial charge on any atom is 0.280 e. The van der Waals surface area contributed by atoms with Gasteiger partial charge in [-0.3, -0.25) is 14.3 Å². The molecule has 2 aromatic carbocycles. The van der Waals surface area contributed by atoms with Crippen LogP contribution in [0, 0.1) is 0 Å². The fourth-order valence-electron chi connectivity index (χ4n) is 3.29. The van der Waals surface area contributed by atoms with Crippen LogP contribution in [0.3, 0.4) is 0 Å². The lowest BCUT2D eigenvalue weighted by Crippen LogP contribution is -2.30. The average molecular weight is 475 g/mol. The number of sulfonamides is 1. The van der Waals surface area contributed by atoms with Crippen molar-refractivity contribution in [3.63, 3.8) is 0 Å². The zero-order valence-electron chi connectivity index (χ0n) is 17.6. The number of carbonyl (C=O) groups excluding carboxylic acids is 2. The third kappa shape index (κ3) is 3.63. The van der Waals surface area contributed by atoms with Crippen LogP contribution in [-0.4, -0.2) is 40.4 Å². The van der Waals surface area contributed by atoms with Gasteiger partial charge in [-0.25, -0.2) is 13.3 Å². The number of nitrogens with zero attached hydrogens (tertiary/aromatic N) is 5. The van der Waals surface area contributed by atoms with E-state index in [2.05, 4.69) is 20.1 Å². The largest absolute Gasteiger partial charge is 0.280 e. The first-order valence-corrected chi connectivity index (χ1v) is 11.3. The summed E-state index contributed by atoms with van der Waals surface area (Å²) in [6, 6.07) is 9.12. The van der Waals surface area contributed by atoms with Crippen LogP contribution in [0.2, 0.25) is 5.02 Å². The number of aromatic nitrogens is 4. The summed E-state index contributed by atoms with van der Waals surface area (Å²) in [7, 11) is -2.57. The summed E-state index contributed by atoms with van der Waals surface area (Å²) in [6.07, 6.45) is 0. The van der Waals surface area contributed by atoms with E-state index in [0.717, 1.165) is 10.4 Å². The van der Waals surface area contributed by atoms with Gasteiger partial charge in [0, 0.05) is 0 Å². The Morgan fingerprint density at radius 3 is 2.16 bits per heavy atom. The van der Waals surface area contributed by atoms with Crippen LogP contribution in [0.1, 0.15) is 47.1 Å². The van der Waals surface area contributed by atoms with Crippen LogP contribution in [0.25, 0.3) is 0 Å². The van der Waals surface area contributed by atoms with Gasteiger partial charge in [0.1, 0.15) is 0 Å². The van der Waals surface area contributed by atoms with Gasteiger partial charge < -0.3 is 0 Å². The molecule has 0 saturated heterocycles. The number of halogens is 1. The third-order valence-corrected chi connectivity index (χ3v) is 6.66. The molecule has 0 radical (unpaired) electrons. The van der Waals surface area contributed by atoms with E-state index in [-0.39, 0.29) is 38.1 Å². The van der Waals surface area contributed by atoms with E-state index in [1.54, 1.807) is 12.1 Å². The summed E-state index contributed by atoms with van der Waals surface area (Å²) in [5.41, 5.74) is 0.445. The number of aryl methyl sites for hydroxylation is 1. The van der Waals surface area contributed by atoms with Crippen LogP contribution in [0.15, 0.2) is 41.3 Å². The molecule has 0 aliphatic carbocycles. The van der Waals surface area contributed by atoms with Crippen LogP contribution < -0.4 is 9.62 Å². The Hall–Kier alpha value is -3.31. The molecule has 0 unspecified atom stereocenters. The lowest BCUT2D eigenvalue weighted by atomic mass is 9.87. The topological polar surface area (TPSA) is 127 Å². The lowest BCUT2D eigenvalue weighted by Gasteiger charge is -2.19. The number of hydrogen-bond donors (Lipinski definition) is 1. The predicted molar refractivity (Wildman–Crippen MR) is 117 cm³/mol. The van der Waals surface area contributed by atoms with Crippen molar-refractivity contribution in [1.29, 1.82) is 0 Å². The minimum atomic E-state index is -4.05. The van der Waals surface area contributed by atoms with Gasteiger partial charge in [-0.1, -0.05) is 49.6 Å². The molecule has 0 atom stereocenters. The van der Waals surface area contributed by atoms with E-state index >= 15 is 0 Å². The summed E-state index contributed by atoms with van der Waals surface area (Å²) >= 11 is 6.17. The molecule has 1 N–H and O–H groups in total. The monoisotopic (exact) mass is 474 g/mol. The number of fused-ring (bicyclic) bond motifs is 1. The molecule has 12 heteroatoms. The molecule has 4 rings (SSSR count). The maximum absolute atomic E-state index is 13.1. The number of nitrogens with one attached hydrogen (secondary N) is 1. The standard InChI is InChI=1S/C20H19ClN6O4S/c1-20(2,3)11-5-7-12(8-6-11)32(30,31)24-14-10-9-13(21)15-16(14)18(29)27(17(15)28)19-22-25-26(4)23-19/h5-10,24H,1-4H3. The Kier molecular flexibility index (Phi) is 5.05. The summed E-state index contributed by atoms with van der Waals surface area (Å²) in [6.45, 7) is 6.06. The molecule has 3 aromatic rings. The predicted octanol–water partition coefficient (Wildman–Crippen LogP) is 2.76. The zero-order chi connectivity index (χ0) is 23.4. The molecule has 32 heavy (non-hydrogen) atoms. The Balaban J connectivity index is 1.73. The number of carbonyl (C=O) groups is 2. The van der Waals surface area contributed by atoms with Crippen LogP contribution in [-0.2, 0) is 22.5 Å². The van der Waals surface area contributed by atoms with Crippen molar-refractivity contribution in [3.05, 3.63) is 58.1 Å². The smallest absolute Gasteiger partial charge is 0.279 e. The SMILES string of the molecule is Cn1nnc(N2C(=O)c3c(Cl)ccc(NS(=O)(=O)c4ccc(C(C)(C)C)cc4)c3C2=O)n1. The molecule has 1 aliphatic heterocycles. The first kappa shape index (κ1) is 21.9. The second kappa shape index (κ2) is 7.38. The molecule has 166 valence electrons. The highest BCUT2D eigenvalue weighted by Crippen LogP contribution is 2.37. The minimum Gasteiger partial charge on any atom is -0.279 e. The van der Waals surface area contributed by atoms with Crippen molar-refractivity contribution >= 4 is 45.1 Å². The lowest BCUT2D eigenvalue weighted by molar-refractivity contribution is 0.0924. The molecule has 0 spiro atoms. The van der Waals surface area contributed by atoms with E-state index in [1.165, 1.54) is 31.3 Å². The van der Waals surface area contributed by atoms with Gasteiger partial charge in [-0.2, -0.15) is 4.80 Å². The number of rotatable bonds is 4. The molecular weight excluding hydrogens is 456 g/mol. The second-order valence-corrected chi connectivity index (χ2v) is 10.3. The van der Waals surface area contributed by atoms with Crippen molar-refractivity contribution in [1.82, 2.24) is 20.2 Å². The molecule has 2 heterocycles. The number of amides is 2. The number of imide groups is 1. The normalized spacial score (nSPS) is 14.1. The van der Waals surface area contributed by atoms with Gasteiger partial charge in [-0.05, 0) is 40.5 Å². The number of anilines is 2. The number of tetrazole rings is 1. The Bertz CT molecular complexity index is 1360. The third-order valence-electron chi connectivity index (χ3n) is 4.96. The van der Waals surface area contributed by atoms with Crippen LogP contribution in [0.5, 0.6) is 0 Å². The Labute approximate surface area is 189 Å². The summed E-state index contributed by atoms with van der Waals surface area (Å²) < 4.78 is 28.4. The Morgan fingerprint density at radius 1 is 0.969 bits per heavy atom. The molecule has 2 amide bonds. The fourth-order valence-corrected chi connectivity index (χ4v) is 4.60. The molecule has 1 aromatic heterocycles. The molecule has 0 bridgehead atoms. The van der Waals surface area contributed by atoms with Crippen LogP contribution in [0.4, 0.5) is 11.6 Å². The van der Waals surface area contributed by atoms with Crippen molar-refractivity contribution < 1.29 is 18.0 Å². The first-order chi connectivity index (χ1) is 14.9. The number of hydrogen-bond acceptors (Lipinski definition) is 7. The van der Waals surface area contributed by atoms with E-state index in [4.69, 9.17) is 11.6 Å². The highest BCUT2D eigenvalue weighted by atomic mass is 35.5. The first-order valence-electron chi connectivity index (χ1n) is 9.49. The minimum absolute atomic E-state index is 0.00205. The van der Waals surface area contributed by atoms with E-state index in [9.17, 15) is 18.0 Å². The van der Waals surface area contributed by atoms with Gasteiger partial charge in [0.15, 0.2) is 0 Å². The quantitative estimate of drug-likeness (QED) is 0.576. The van der Waals surface area contributed by atoms with E-state index in [0.29, 0.717) is 4.90 Å². The summed E-state index contributed by atoms with van der Waals surface area (Å²) in [5, 5.41) is 11.2. The highest BCUT2D eigenvalue weighted by Gasteiger charge is 2.43. The summed E-state index contributed by atoms with van der Waals surface area (Å²) in [5.74, 6) is -1.80. The zero-order valence-corrected chi connectivity index (χ0v) is 19.2. The maximum atomic E-state index is 13.1. The molecular formula is C20H19ClN6O4S. The average Bonchev–Trinajstić information content (AvgIpc) is 3.24. The van der Waals surface area contributed by atoms with E-state index in [1.807, 2.05) is 20.8 Å². The van der Waals surface area contributed by atoms with Gasteiger partial charge in [0.25, 0.3) is 27.8 Å². The van der Waals surface area contributed by atoms with Crippen molar-refractivity contribution in [2.75, 3.05) is 9.62 Å². The second-order valence-electron chi connectivity index (χ2n) is 8.25. The molecule has 0 fully saturated rings. The highest BCUT2D eigenvalue weighted by molar-refractivity contribution is 7.92. The van der Waals surface area contributed by atoms with Crippen molar-refractivity contribution in [2.45, 2.75) is 31.1 Å². The van der Waals surface area contributed by atoms with Crippen molar-refractivity contribution in [2.24, 2.45) is 7.05 Å². The summed E-state index contributed by atoms with van der Waals surface area (Å²) in [4.78, 5) is 27.8. The molecule has 10 nitrogen and oxygen atoms in total. The number of benzene rings is 2. The fraction of sp³-hybridized carbons (Fsp3) is 0.250. The Morgan fingerprint density at radius 2 is 1.59 bits per heavy atom. The van der Waals surface area contributed by atoms with Crippen LogP contribution >= 0.6 is 11.6 Å². The molecule has 0 saturated carbocycles. The van der Waals surface area contributed by atoms with Gasteiger partial charge in [0.05, 0.1) is 33.8 Å². The van der Waals surface area contributed by atoms with Gasteiger partial charge in [0.2, 0.25) is 0 Å². The van der Waals surface area contributed by atoms with Gasteiger partial charge >= 0.3 is 0 Å². The van der Waals surface area contributed by atoms with Crippen molar-refractivity contribution in [3.8, 4) is 0 Å². The molecule has 1 aliphatic rings.